The number of amides is 1. The summed E-state index contributed by atoms with van der Waals surface area (Å²) in [5.74, 6) is 0.699. The molecule has 1 aliphatic rings. The first-order chi connectivity index (χ1) is 21.3. The van der Waals surface area contributed by atoms with Crippen LogP contribution in [0.25, 0.3) is 16.8 Å². The molecule has 0 bridgehead atoms. The average Bonchev–Trinajstić information content (AvgIpc) is 3.05. The Morgan fingerprint density at radius 1 is 0.977 bits per heavy atom. The van der Waals surface area contributed by atoms with Gasteiger partial charge in [-0.15, -0.1) is 0 Å². The third-order valence-corrected chi connectivity index (χ3v) is 7.92. The molecule has 0 unspecified atom stereocenters. The molecule has 0 atom stereocenters. The van der Waals surface area contributed by atoms with Gasteiger partial charge in [0.1, 0.15) is 17.7 Å². The van der Waals surface area contributed by atoms with Crippen molar-refractivity contribution in [2.24, 2.45) is 0 Å². The maximum atomic E-state index is 14.3. The number of hydrogen-bond acceptors (Lipinski definition) is 6. The molecule has 5 rings (SSSR count). The van der Waals surface area contributed by atoms with Gasteiger partial charge in [-0.2, -0.15) is 0 Å². The van der Waals surface area contributed by atoms with Crippen molar-refractivity contribution in [1.29, 1.82) is 0 Å². The van der Waals surface area contributed by atoms with Crippen molar-refractivity contribution < 1.29 is 18.7 Å². The highest BCUT2D eigenvalue weighted by Gasteiger charge is 2.27. The van der Waals surface area contributed by atoms with E-state index < -0.39 is 5.82 Å². The topological polar surface area (TPSA) is 66.9 Å². The summed E-state index contributed by atoms with van der Waals surface area (Å²) >= 11 is 0. The minimum Gasteiger partial charge on any atom is -0.497 e. The lowest BCUT2D eigenvalue weighted by molar-refractivity contribution is 0.0587. The van der Waals surface area contributed by atoms with Gasteiger partial charge in [-0.25, -0.2) is 9.37 Å². The van der Waals surface area contributed by atoms with Crippen LogP contribution < -0.4 is 19.7 Å². The second-order valence-electron chi connectivity index (χ2n) is 11.1. The molecule has 0 aliphatic carbocycles. The van der Waals surface area contributed by atoms with Crippen LogP contribution >= 0.6 is 0 Å². The molecule has 0 spiro atoms. The molecule has 7 nitrogen and oxygen atoms in total. The largest absolute Gasteiger partial charge is 0.497 e. The lowest BCUT2D eigenvalue weighted by atomic mass is 10.0. The number of halogens is 1. The van der Waals surface area contributed by atoms with E-state index in [1.807, 2.05) is 50.5 Å². The van der Waals surface area contributed by atoms with E-state index in [2.05, 4.69) is 46.0 Å². The van der Waals surface area contributed by atoms with Crippen molar-refractivity contribution in [2.75, 3.05) is 45.7 Å². The first kappa shape index (κ1) is 30.6. The molecule has 228 valence electrons. The Morgan fingerprint density at radius 3 is 2.32 bits per heavy atom. The number of nitrogens with zero attached hydrogens (tertiary/aromatic N) is 3. The Bertz CT molecular complexity index is 1560. The number of methoxy groups -OCH3 is 1. The van der Waals surface area contributed by atoms with Crippen LogP contribution in [0.15, 0.2) is 91.6 Å². The third kappa shape index (κ3) is 7.56. The molecule has 0 radical (unpaired) electrons. The Kier molecular flexibility index (Phi) is 9.79. The second-order valence-corrected chi connectivity index (χ2v) is 11.1. The lowest BCUT2D eigenvalue weighted by Crippen LogP contribution is -2.42. The minimum absolute atomic E-state index is 0.0613. The smallest absolute Gasteiger partial charge is 0.254 e. The van der Waals surface area contributed by atoms with E-state index in [1.165, 1.54) is 17.7 Å². The normalized spacial score (nSPS) is 13.3. The van der Waals surface area contributed by atoms with Crippen LogP contribution in [0, 0.1) is 5.82 Å². The number of anilines is 1. The summed E-state index contributed by atoms with van der Waals surface area (Å²) in [4.78, 5) is 21.9. The number of rotatable bonds is 11. The molecule has 1 amide bonds. The molecule has 2 heterocycles. The van der Waals surface area contributed by atoms with Crippen LogP contribution in [-0.4, -0.2) is 62.7 Å². The molecule has 44 heavy (non-hydrogen) atoms. The zero-order valence-electron chi connectivity index (χ0n) is 25.6. The number of carbonyl (C=O) groups is 1. The van der Waals surface area contributed by atoms with Gasteiger partial charge >= 0.3 is 0 Å². The maximum Gasteiger partial charge on any atom is 0.254 e. The van der Waals surface area contributed by atoms with Gasteiger partial charge < -0.3 is 24.6 Å². The summed E-state index contributed by atoms with van der Waals surface area (Å²) < 4.78 is 25.7. The van der Waals surface area contributed by atoms with Crippen molar-refractivity contribution >= 4 is 17.3 Å². The number of pyridine rings is 1. The van der Waals surface area contributed by atoms with E-state index in [0.717, 1.165) is 29.0 Å². The lowest BCUT2D eigenvalue weighted by Gasteiger charge is -2.32. The van der Waals surface area contributed by atoms with Crippen LogP contribution in [0.1, 0.15) is 34.3 Å². The van der Waals surface area contributed by atoms with E-state index in [1.54, 1.807) is 24.3 Å². The van der Waals surface area contributed by atoms with Crippen molar-refractivity contribution in [1.82, 2.24) is 15.2 Å². The SMILES string of the molecule is C=C(NCCc1ccc(N(C)C)cc1)c1ccc(F)cc1C(=O)N1CCC(Oc2ccc(-c3ccc(OC)cc3)cn2)CC1. The summed E-state index contributed by atoms with van der Waals surface area (Å²) in [5.41, 5.74) is 5.89. The Balaban J connectivity index is 1.14. The standard InChI is InChI=1S/C36H39FN4O3/c1-25(38-20-17-26-5-11-30(12-6-26)40(2)3)33-15-10-29(37)23-34(33)36(42)41-21-18-32(19-22-41)44-35-16-9-28(24-39-35)27-7-13-31(43-4)14-8-27/h5-16,23-24,32,38H,1,17-22H2,2-4H3. The van der Waals surface area contributed by atoms with Crippen molar-refractivity contribution in [2.45, 2.75) is 25.4 Å². The fraction of sp³-hybridized carbons (Fsp3) is 0.278. The van der Waals surface area contributed by atoms with Crippen LogP contribution in [0.2, 0.25) is 0 Å². The monoisotopic (exact) mass is 594 g/mol. The highest BCUT2D eigenvalue weighted by atomic mass is 19.1. The van der Waals surface area contributed by atoms with Crippen molar-refractivity contribution in [3.63, 3.8) is 0 Å². The molecule has 1 aromatic heterocycles. The molecule has 1 fully saturated rings. The number of ether oxygens (including phenoxy) is 2. The van der Waals surface area contributed by atoms with Gasteiger partial charge in [0.05, 0.1) is 12.7 Å². The van der Waals surface area contributed by atoms with E-state index >= 15 is 0 Å². The molecular weight excluding hydrogens is 555 g/mol. The van der Waals surface area contributed by atoms with Gasteiger partial charge in [-0.3, -0.25) is 4.79 Å². The Hall–Kier alpha value is -4.85. The predicted molar refractivity (Wildman–Crippen MR) is 174 cm³/mol. The summed E-state index contributed by atoms with van der Waals surface area (Å²) in [6.45, 7) is 5.81. The molecule has 4 aromatic rings. The molecular formula is C36H39FN4O3. The van der Waals surface area contributed by atoms with Crippen molar-refractivity contribution in [3.05, 3.63) is 114 Å². The van der Waals surface area contributed by atoms with E-state index in [9.17, 15) is 9.18 Å². The number of hydrogen-bond donors (Lipinski definition) is 1. The minimum atomic E-state index is -0.451. The molecule has 1 saturated heterocycles. The fourth-order valence-corrected chi connectivity index (χ4v) is 5.29. The number of benzene rings is 3. The predicted octanol–water partition coefficient (Wildman–Crippen LogP) is 6.45. The first-order valence-electron chi connectivity index (χ1n) is 14.9. The average molecular weight is 595 g/mol. The highest BCUT2D eigenvalue weighted by molar-refractivity contribution is 5.99. The van der Waals surface area contributed by atoms with Gasteiger partial charge in [0.2, 0.25) is 5.88 Å². The van der Waals surface area contributed by atoms with E-state index in [0.29, 0.717) is 55.2 Å². The summed E-state index contributed by atoms with van der Waals surface area (Å²) in [5, 5.41) is 3.33. The van der Waals surface area contributed by atoms with E-state index in [4.69, 9.17) is 9.47 Å². The van der Waals surface area contributed by atoms with Crippen LogP contribution in [0.5, 0.6) is 11.6 Å². The number of likely N-dealkylation sites (tertiary alicyclic amines) is 1. The molecule has 0 saturated carbocycles. The quantitative estimate of drug-likeness (QED) is 0.215. The third-order valence-electron chi connectivity index (χ3n) is 7.92. The molecule has 1 aliphatic heterocycles. The van der Waals surface area contributed by atoms with Crippen LogP contribution in [0.4, 0.5) is 10.1 Å². The van der Waals surface area contributed by atoms with Gasteiger partial charge in [0, 0.05) is 81.3 Å². The van der Waals surface area contributed by atoms with Gasteiger partial charge in [-0.05, 0) is 66.1 Å². The zero-order chi connectivity index (χ0) is 31.1. The molecule has 1 N–H and O–H groups in total. The van der Waals surface area contributed by atoms with Gasteiger partial charge in [0.25, 0.3) is 5.91 Å². The Morgan fingerprint density at radius 2 is 1.68 bits per heavy atom. The second kappa shape index (κ2) is 14.1. The summed E-state index contributed by atoms with van der Waals surface area (Å²) in [7, 11) is 5.67. The molecule has 3 aromatic carbocycles. The first-order valence-corrected chi connectivity index (χ1v) is 14.9. The number of nitrogens with one attached hydrogen (secondary N) is 1. The Labute approximate surface area is 258 Å². The number of carbonyl (C=O) groups excluding carboxylic acids is 1. The maximum absolute atomic E-state index is 14.3. The number of aromatic nitrogens is 1. The van der Waals surface area contributed by atoms with Crippen molar-refractivity contribution in [3.8, 4) is 22.8 Å². The highest BCUT2D eigenvalue weighted by Crippen LogP contribution is 2.26. The summed E-state index contributed by atoms with van der Waals surface area (Å²) in [6.07, 6.45) is 3.84. The molecule has 8 heteroatoms. The van der Waals surface area contributed by atoms with E-state index in [-0.39, 0.29) is 12.0 Å². The zero-order valence-corrected chi connectivity index (χ0v) is 25.6. The van der Waals surface area contributed by atoms with Gasteiger partial charge in [0.15, 0.2) is 0 Å². The van der Waals surface area contributed by atoms with Crippen LogP contribution in [0.3, 0.4) is 0 Å². The number of piperidine rings is 1. The summed E-state index contributed by atoms with van der Waals surface area (Å²) in [6, 6.07) is 24.4. The van der Waals surface area contributed by atoms with Gasteiger partial charge in [-0.1, -0.05) is 30.8 Å². The fourth-order valence-electron chi connectivity index (χ4n) is 5.29. The van der Waals surface area contributed by atoms with Crippen LogP contribution in [-0.2, 0) is 6.42 Å².